The molecule has 0 aliphatic carbocycles. The van der Waals surface area contributed by atoms with Crippen molar-refractivity contribution in [3.63, 3.8) is 0 Å². The molecule has 0 spiro atoms. The lowest BCUT2D eigenvalue weighted by Gasteiger charge is -2.09. The molecule has 5 nitrogen and oxygen atoms in total. The lowest BCUT2D eigenvalue weighted by Crippen LogP contribution is -2.40. The Balaban J connectivity index is 2.48. The van der Waals surface area contributed by atoms with Crippen molar-refractivity contribution < 1.29 is 9.59 Å². The minimum atomic E-state index is -0.340. The Bertz CT molecular complexity index is 416. The van der Waals surface area contributed by atoms with Gasteiger partial charge < -0.3 is 10.6 Å². The van der Waals surface area contributed by atoms with Crippen LogP contribution >= 0.6 is 0 Å². The maximum absolute atomic E-state index is 11.6. The Morgan fingerprint density at radius 3 is 2.65 bits per heavy atom. The van der Waals surface area contributed by atoms with Crippen molar-refractivity contribution in [1.82, 2.24) is 15.6 Å². The van der Waals surface area contributed by atoms with Gasteiger partial charge in [0.15, 0.2) is 0 Å². The van der Waals surface area contributed by atoms with Crippen molar-refractivity contribution in [1.29, 1.82) is 0 Å². The number of aryl methyl sites for hydroxylation is 1. The number of amides is 2. The minimum absolute atomic E-state index is 0.0351. The summed E-state index contributed by atoms with van der Waals surface area (Å²) in [7, 11) is 0. The number of carbonyl (C=O) groups is 2. The highest BCUT2D eigenvalue weighted by atomic mass is 16.2. The molecule has 0 aliphatic rings. The van der Waals surface area contributed by atoms with Crippen molar-refractivity contribution in [2.75, 3.05) is 6.54 Å². The van der Waals surface area contributed by atoms with E-state index in [0.717, 1.165) is 5.69 Å². The highest BCUT2D eigenvalue weighted by Gasteiger charge is 2.09. The van der Waals surface area contributed by atoms with Gasteiger partial charge in [-0.2, -0.15) is 0 Å². The van der Waals surface area contributed by atoms with Gasteiger partial charge in [-0.1, -0.05) is 6.07 Å². The molecule has 1 aromatic heterocycles. The van der Waals surface area contributed by atoms with Gasteiger partial charge in [0.2, 0.25) is 5.91 Å². The second-order valence-corrected chi connectivity index (χ2v) is 4.07. The summed E-state index contributed by atoms with van der Waals surface area (Å²) in [6, 6.07) is 5.24. The Labute approximate surface area is 101 Å². The predicted molar refractivity (Wildman–Crippen MR) is 64.6 cm³/mol. The van der Waals surface area contributed by atoms with Gasteiger partial charge in [0, 0.05) is 11.7 Å². The molecule has 0 saturated carbocycles. The molecule has 0 fully saturated rings. The van der Waals surface area contributed by atoms with Crippen LogP contribution in [-0.2, 0) is 4.79 Å². The normalized spacial score (nSPS) is 10.1. The Morgan fingerprint density at radius 1 is 1.35 bits per heavy atom. The topological polar surface area (TPSA) is 71.1 Å². The number of carbonyl (C=O) groups excluding carboxylic acids is 2. The summed E-state index contributed by atoms with van der Waals surface area (Å²) < 4.78 is 0. The van der Waals surface area contributed by atoms with E-state index in [1.165, 1.54) is 0 Å². The average Bonchev–Trinajstić information content (AvgIpc) is 2.25. The molecule has 0 aromatic carbocycles. The second kappa shape index (κ2) is 5.98. The van der Waals surface area contributed by atoms with E-state index in [0.29, 0.717) is 5.69 Å². The van der Waals surface area contributed by atoms with E-state index in [1.54, 1.807) is 12.1 Å². The first-order valence-electron chi connectivity index (χ1n) is 5.50. The molecule has 2 amide bonds. The fourth-order valence-corrected chi connectivity index (χ4v) is 1.29. The Kier molecular flexibility index (Phi) is 4.63. The molecule has 92 valence electrons. The van der Waals surface area contributed by atoms with Crippen LogP contribution in [0.1, 0.15) is 30.0 Å². The van der Waals surface area contributed by atoms with Crippen LogP contribution in [0.5, 0.6) is 0 Å². The van der Waals surface area contributed by atoms with E-state index in [9.17, 15) is 9.59 Å². The number of pyridine rings is 1. The van der Waals surface area contributed by atoms with Crippen LogP contribution in [-0.4, -0.2) is 29.4 Å². The van der Waals surface area contributed by atoms with E-state index in [2.05, 4.69) is 15.6 Å². The molecule has 0 saturated heterocycles. The third-order valence-electron chi connectivity index (χ3n) is 1.98. The summed E-state index contributed by atoms with van der Waals surface area (Å²) in [4.78, 5) is 27.0. The number of hydrogen-bond acceptors (Lipinski definition) is 3. The number of aromatic nitrogens is 1. The summed E-state index contributed by atoms with van der Waals surface area (Å²) in [5.41, 5.74) is 1.09. The first-order valence-corrected chi connectivity index (χ1v) is 5.50. The van der Waals surface area contributed by atoms with Crippen LogP contribution in [0.25, 0.3) is 0 Å². The third kappa shape index (κ3) is 4.63. The maximum atomic E-state index is 11.6. The van der Waals surface area contributed by atoms with E-state index in [4.69, 9.17) is 0 Å². The fraction of sp³-hybridized carbons (Fsp3) is 0.417. The number of hydrogen-bond donors (Lipinski definition) is 2. The van der Waals surface area contributed by atoms with Crippen LogP contribution in [0.3, 0.4) is 0 Å². The van der Waals surface area contributed by atoms with Gasteiger partial charge in [-0.05, 0) is 32.9 Å². The monoisotopic (exact) mass is 235 g/mol. The van der Waals surface area contributed by atoms with Crippen molar-refractivity contribution in [3.8, 4) is 0 Å². The summed E-state index contributed by atoms with van der Waals surface area (Å²) in [5.74, 6) is -0.548. The lowest BCUT2D eigenvalue weighted by atomic mass is 10.3. The van der Waals surface area contributed by atoms with Gasteiger partial charge >= 0.3 is 0 Å². The zero-order chi connectivity index (χ0) is 12.8. The largest absolute Gasteiger partial charge is 0.352 e. The molecular weight excluding hydrogens is 218 g/mol. The smallest absolute Gasteiger partial charge is 0.270 e. The molecule has 1 heterocycles. The van der Waals surface area contributed by atoms with Gasteiger partial charge in [0.25, 0.3) is 5.91 Å². The number of nitrogens with one attached hydrogen (secondary N) is 2. The summed E-state index contributed by atoms with van der Waals surface area (Å²) in [5, 5.41) is 5.20. The molecule has 17 heavy (non-hydrogen) atoms. The zero-order valence-corrected chi connectivity index (χ0v) is 10.3. The standard InChI is InChI=1S/C12H17N3O2/c1-8(2)14-11(16)7-13-12(17)10-6-4-5-9(3)15-10/h4-6,8H,7H2,1-3H3,(H,13,17)(H,14,16). The van der Waals surface area contributed by atoms with Crippen LogP contribution in [0.2, 0.25) is 0 Å². The summed E-state index contributed by atoms with van der Waals surface area (Å²) >= 11 is 0. The third-order valence-corrected chi connectivity index (χ3v) is 1.98. The van der Waals surface area contributed by atoms with E-state index < -0.39 is 0 Å². The van der Waals surface area contributed by atoms with E-state index in [1.807, 2.05) is 26.8 Å². The Hall–Kier alpha value is -1.91. The minimum Gasteiger partial charge on any atom is -0.352 e. The molecule has 5 heteroatoms. The van der Waals surface area contributed by atoms with Gasteiger partial charge in [-0.15, -0.1) is 0 Å². The SMILES string of the molecule is Cc1cccc(C(=O)NCC(=O)NC(C)C)n1. The van der Waals surface area contributed by atoms with Crippen molar-refractivity contribution in [3.05, 3.63) is 29.6 Å². The molecular formula is C12H17N3O2. The summed E-state index contributed by atoms with van der Waals surface area (Å²) in [6.07, 6.45) is 0. The molecule has 0 radical (unpaired) electrons. The molecule has 0 aliphatic heterocycles. The molecule has 0 atom stereocenters. The van der Waals surface area contributed by atoms with Crippen LogP contribution in [0, 0.1) is 6.92 Å². The zero-order valence-electron chi connectivity index (χ0n) is 10.3. The summed E-state index contributed by atoms with van der Waals surface area (Å²) in [6.45, 7) is 5.50. The van der Waals surface area contributed by atoms with E-state index >= 15 is 0 Å². The fourth-order valence-electron chi connectivity index (χ4n) is 1.29. The highest BCUT2D eigenvalue weighted by molar-refractivity contribution is 5.94. The molecule has 0 bridgehead atoms. The van der Waals surface area contributed by atoms with Crippen LogP contribution < -0.4 is 10.6 Å². The van der Waals surface area contributed by atoms with Crippen molar-refractivity contribution in [2.24, 2.45) is 0 Å². The van der Waals surface area contributed by atoms with Crippen LogP contribution in [0.15, 0.2) is 18.2 Å². The Morgan fingerprint density at radius 2 is 2.06 bits per heavy atom. The first kappa shape index (κ1) is 13.2. The lowest BCUT2D eigenvalue weighted by molar-refractivity contribution is -0.120. The molecule has 0 unspecified atom stereocenters. The molecule has 1 rings (SSSR count). The number of nitrogens with zero attached hydrogens (tertiary/aromatic N) is 1. The first-order chi connectivity index (χ1) is 7.99. The van der Waals surface area contributed by atoms with Crippen molar-refractivity contribution in [2.45, 2.75) is 26.8 Å². The predicted octanol–water partition coefficient (Wildman–Crippen LogP) is 0.644. The van der Waals surface area contributed by atoms with Gasteiger partial charge in [-0.25, -0.2) is 4.98 Å². The highest BCUT2D eigenvalue weighted by Crippen LogP contribution is 1.97. The molecule has 1 aromatic rings. The van der Waals surface area contributed by atoms with Gasteiger partial charge in [0.05, 0.1) is 6.54 Å². The molecule has 2 N–H and O–H groups in total. The number of rotatable bonds is 4. The van der Waals surface area contributed by atoms with Gasteiger partial charge in [0.1, 0.15) is 5.69 Å². The van der Waals surface area contributed by atoms with Crippen LogP contribution in [0.4, 0.5) is 0 Å². The quantitative estimate of drug-likeness (QED) is 0.804. The van der Waals surface area contributed by atoms with Crippen molar-refractivity contribution >= 4 is 11.8 Å². The van der Waals surface area contributed by atoms with E-state index in [-0.39, 0.29) is 24.4 Å². The van der Waals surface area contributed by atoms with Gasteiger partial charge in [-0.3, -0.25) is 9.59 Å². The second-order valence-electron chi connectivity index (χ2n) is 4.07. The maximum Gasteiger partial charge on any atom is 0.270 e. The average molecular weight is 235 g/mol.